The van der Waals surface area contributed by atoms with Gasteiger partial charge < -0.3 is 51.1 Å². The van der Waals surface area contributed by atoms with E-state index in [-0.39, 0.29) is 70.1 Å². The van der Waals surface area contributed by atoms with Gasteiger partial charge in [0, 0.05) is 91.5 Å². The van der Waals surface area contributed by atoms with E-state index in [0.717, 1.165) is 137 Å². The Bertz CT molecular complexity index is 5520. The van der Waals surface area contributed by atoms with Crippen molar-refractivity contribution in [3.8, 4) is 72.1 Å². The minimum Gasteiger partial charge on any atom is -0.444 e. The van der Waals surface area contributed by atoms with Crippen LogP contribution in [0.5, 0.6) is 0 Å². The number of thiazole rings is 3. The molecule has 16 rings (SSSR count). The van der Waals surface area contributed by atoms with Crippen LogP contribution in [-0.4, -0.2) is 181 Å². The summed E-state index contributed by atoms with van der Waals surface area (Å²) < 4.78 is 112. The lowest BCUT2D eigenvalue weighted by molar-refractivity contribution is 0.00578. The Morgan fingerprint density at radius 3 is 1.21 bits per heavy atom. The van der Waals surface area contributed by atoms with Gasteiger partial charge in [-0.3, -0.25) is 0 Å². The number of benzene rings is 3. The number of carbonyl (C=O) groups is 2. The van der Waals surface area contributed by atoms with Crippen LogP contribution < -0.4 is 28.0 Å². The molecule has 4 saturated heterocycles. The molecule has 612 valence electrons. The lowest BCUT2D eigenvalue weighted by Gasteiger charge is -2.32. The first-order valence-electron chi connectivity index (χ1n) is 37.2. The Morgan fingerprint density at radius 1 is 0.496 bits per heavy atom. The minimum atomic E-state index is -1.08. The van der Waals surface area contributed by atoms with E-state index >= 15 is 0 Å². The van der Waals surface area contributed by atoms with Gasteiger partial charge in [-0.2, -0.15) is 14.0 Å². The standard InChI is InChI=1S/C25H26F2N8O2S.C20H18F2N8S.C18H19BF2N6O2.C13H19BrN2O2S/c1-25(2,3)37-24(36)34-9-7-14(8-10-34)23-30-13-19(38-23)15-11-16(21(28)29-12-15)22-31-32-33-35(22)18-6-4-5-17(26)20(18)27;21-14-2-1-3-15(17(14)22)30-19(27-28-29-30)13-8-12(9-25-18(13)23)16-10-26-20(31-16)11-4-6-24-7-5-11;1-17(2)18(3,4)29-19(28-17)10-8-11(15(22)23-9-10)16-24-25-26-27(16)13-7-5-6-12(20)14(13)21;1-13(2,3)18-12(17)16-6-4-9(5-7-16)11-15-8-10(14)19-11/h4-6,11-14H,7-10H2,1-3H3,(H2,28,29);1-3,8-11,24H,4-7H2,(H2,23,25);5-9H,1-4H3,(H2,22,23);8-9H,4-7H2,1-3H3. The highest BCUT2D eigenvalue weighted by Crippen LogP contribution is 2.42. The van der Waals surface area contributed by atoms with Crippen molar-refractivity contribution in [1.82, 2.24) is 106 Å². The SMILES string of the molecule is CC(C)(C)OC(=O)N1CCC(c2ncc(-c3cnc(N)c(-c4nnnn4-c4cccc(F)c4F)c3)s2)CC1.CC(C)(C)OC(=O)N1CCC(c2ncc(Br)s2)CC1.CC1(C)OB(c2cnc(N)c(-c3nnnn3-c3cccc(F)c3F)c2)OC1(C)C.Nc1ncc(-c2cnc(C3CCNCC3)s2)cc1-c1nnnn1-c1cccc(F)c1F. The molecule has 0 bridgehead atoms. The predicted octanol–water partition coefficient (Wildman–Crippen LogP) is 13.9. The van der Waals surface area contributed by atoms with Crippen molar-refractivity contribution in [2.45, 2.75) is 148 Å². The van der Waals surface area contributed by atoms with E-state index in [4.69, 9.17) is 36.0 Å². The average Bonchev–Trinajstić information content (AvgIpc) is 1.60. The molecule has 0 aliphatic carbocycles. The highest BCUT2D eigenvalue weighted by molar-refractivity contribution is 9.11. The van der Waals surface area contributed by atoms with E-state index < -0.39 is 64.4 Å². The smallest absolute Gasteiger partial charge is 0.444 e. The Morgan fingerprint density at radius 2 is 0.846 bits per heavy atom. The second-order valence-electron chi connectivity index (χ2n) is 30.7. The number of piperidine rings is 3. The molecule has 0 saturated carbocycles. The molecular weight excluding hydrogens is 1650 g/mol. The maximum atomic E-state index is 14.5. The molecule has 2 amide bonds. The number of likely N-dealkylation sites (tertiary alicyclic amines) is 2. The van der Waals surface area contributed by atoms with Gasteiger partial charge in [0.1, 0.15) is 45.7 Å². The zero-order valence-corrected chi connectivity index (χ0v) is 69.2. The van der Waals surface area contributed by atoms with Gasteiger partial charge in [-0.25, -0.2) is 65.8 Å². The number of ether oxygens (including phenoxy) is 2. The number of nitrogens with two attached hydrogens (primary N) is 3. The summed E-state index contributed by atoms with van der Waals surface area (Å²) in [5, 5.41) is 40.8. The van der Waals surface area contributed by atoms with Crippen molar-refractivity contribution in [3.63, 3.8) is 0 Å². The summed E-state index contributed by atoms with van der Waals surface area (Å²) >= 11 is 8.28. The van der Waals surface area contributed by atoms with Crippen LogP contribution in [0.4, 0.5) is 53.4 Å². The van der Waals surface area contributed by atoms with Crippen LogP contribution in [0.1, 0.15) is 141 Å². The number of carbonyl (C=O) groups excluding carboxylic acids is 2. The Kier molecular flexibility index (Phi) is 25.3. The topological polar surface area (TPSA) is 376 Å². The molecule has 30 nitrogen and oxygen atoms in total. The third kappa shape index (κ3) is 19.4. The van der Waals surface area contributed by atoms with E-state index in [2.05, 4.69) is 97.7 Å². The van der Waals surface area contributed by atoms with Crippen LogP contribution in [0.25, 0.3) is 72.1 Å². The van der Waals surface area contributed by atoms with Crippen molar-refractivity contribution in [2.24, 2.45) is 0 Å². The zero-order valence-electron chi connectivity index (χ0n) is 65.2. The van der Waals surface area contributed by atoms with Gasteiger partial charge >= 0.3 is 19.3 Å². The van der Waals surface area contributed by atoms with Gasteiger partial charge in [0.05, 0.1) is 62.7 Å². The number of nitrogens with one attached hydrogen (secondary N) is 1. The number of halogens is 7. The summed E-state index contributed by atoms with van der Waals surface area (Å²) in [4.78, 5) is 56.1. The summed E-state index contributed by atoms with van der Waals surface area (Å²) in [6, 6.07) is 16.5. The lowest BCUT2D eigenvalue weighted by atomic mass is 9.79. The first-order valence-corrected chi connectivity index (χ1v) is 40.4. The monoisotopic (exact) mass is 1730 g/mol. The van der Waals surface area contributed by atoms with Crippen LogP contribution in [0.3, 0.4) is 0 Å². The van der Waals surface area contributed by atoms with Crippen LogP contribution in [0.15, 0.2) is 114 Å². The second kappa shape index (κ2) is 35.1. The summed E-state index contributed by atoms with van der Waals surface area (Å²) in [5.74, 6) is -4.24. The molecule has 0 atom stereocenters. The molecule has 3 aromatic carbocycles. The van der Waals surface area contributed by atoms with Crippen molar-refractivity contribution in [2.75, 3.05) is 56.5 Å². The summed E-state index contributed by atoms with van der Waals surface area (Å²) in [5.41, 5.74) is 19.1. The number of pyridine rings is 3. The summed E-state index contributed by atoms with van der Waals surface area (Å²) in [6.45, 7) is 23.7. The third-order valence-corrected chi connectivity index (χ3v) is 23.8. The normalized spacial score (nSPS) is 15.9. The number of hydrogen-bond acceptors (Lipinski definition) is 28. The fourth-order valence-corrected chi connectivity index (χ4v) is 16.4. The molecule has 0 spiro atoms. The van der Waals surface area contributed by atoms with Crippen LogP contribution >= 0.6 is 49.9 Å². The van der Waals surface area contributed by atoms with Crippen LogP contribution in [0, 0.1) is 34.9 Å². The van der Waals surface area contributed by atoms with E-state index in [1.807, 2.05) is 81.6 Å². The molecule has 7 N–H and O–H groups in total. The number of aromatic nitrogens is 18. The van der Waals surface area contributed by atoms with Crippen molar-refractivity contribution >= 4 is 92.2 Å². The fraction of sp³-hybridized carbons (Fsp3) is 0.382. The molecule has 12 aromatic rings. The molecule has 41 heteroatoms. The largest absolute Gasteiger partial charge is 0.496 e. The number of rotatable bonds is 12. The molecular formula is C76H82BBrF6N24O6S3. The number of amides is 2. The third-order valence-electron chi connectivity index (χ3n) is 19.7. The molecule has 9 aromatic heterocycles. The van der Waals surface area contributed by atoms with Gasteiger partial charge in [0.2, 0.25) is 0 Å². The molecule has 0 radical (unpaired) electrons. The van der Waals surface area contributed by atoms with Crippen molar-refractivity contribution in [1.29, 1.82) is 0 Å². The molecule has 13 heterocycles. The zero-order chi connectivity index (χ0) is 83.4. The lowest BCUT2D eigenvalue weighted by Crippen LogP contribution is -2.41. The minimum absolute atomic E-state index is 0.109. The molecule has 117 heavy (non-hydrogen) atoms. The first-order chi connectivity index (χ1) is 55.7. The number of anilines is 3. The van der Waals surface area contributed by atoms with Crippen molar-refractivity contribution < 1.29 is 54.7 Å². The molecule has 4 aliphatic heterocycles. The van der Waals surface area contributed by atoms with Gasteiger partial charge in [-0.1, -0.05) is 18.2 Å². The highest BCUT2D eigenvalue weighted by Gasteiger charge is 2.52. The Hall–Kier alpha value is -10.8. The summed E-state index contributed by atoms with van der Waals surface area (Å²) in [7, 11) is -0.679. The Labute approximate surface area is 688 Å². The molecule has 0 unspecified atom stereocenters. The fourth-order valence-electron chi connectivity index (χ4n) is 12.9. The number of tetrazole rings is 3. The number of nitrogens with zero attached hydrogens (tertiary/aromatic N) is 20. The maximum absolute atomic E-state index is 14.5. The maximum Gasteiger partial charge on any atom is 0.496 e. The Balaban J connectivity index is 0.000000139. The first kappa shape index (κ1) is 84.1. The van der Waals surface area contributed by atoms with Gasteiger partial charge in [0.15, 0.2) is 52.4 Å². The molecule has 4 fully saturated rings. The van der Waals surface area contributed by atoms with Gasteiger partial charge in [0.25, 0.3) is 0 Å². The van der Waals surface area contributed by atoms with Crippen LogP contribution in [0.2, 0.25) is 0 Å². The number of hydrogen-bond donors (Lipinski definition) is 4. The van der Waals surface area contributed by atoms with Gasteiger partial charge in [-0.05, 0) is 223 Å². The summed E-state index contributed by atoms with van der Waals surface area (Å²) in [6.07, 6.45) is 15.4. The molecule has 4 aliphatic rings. The van der Waals surface area contributed by atoms with Gasteiger partial charge in [-0.15, -0.1) is 49.3 Å². The van der Waals surface area contributed by atoms with Crippen LogP contribution in [-0.2, 0) is 18.8 Å². The van der Waals surface area contributed by atoms with E-state index in [1.54, 1.807) is 69.3 Å². The van der Waals surface area contributed by atoms with E-state index in [9.17, 15) is 35.9 Å². The van der Waals surface area contributed by atoms with E-state index in [1.165, 1.54) is 53.9 Å². The number of nitrogen functional groups attached to an aromatic ring is 3. The predicted molar refractivity (Wildman–Crippen MR) is 432 cm³/mol. The van der Waals surface area contributed by atoms with E-state index in [0.29, 0.717) is 47.1 Å². The second-order valence-corrected chi connectivity index (χ2v) is 35.3. The van der Waals surface area contributed by atoms with Crippen molar-refractivity contribution in [3.05, 3.63) is 164 Å². The average molecular weight is 1730 g/mol. The highest BCUT2D eigenvalue weighted by atomic mass is 79.9. The quantitative estimate of drug-likeness (QED) is 0.0652.